The minimum atomic E-state index is -3.99. The predicted octanol–water partition coefficient (Wildman–Crippen LogP) is 4.42. The highest BCUT2D eigenvalue weighted by atomic mass is 32.2. The van der Waals surface area contributed by atoms with E-state index in [2.05, 4.69) is 4.98 Å². The van der Waals surface area contributed by atoms with Gasteiger partial charge in [-0.1, -0.05) is 29.8 Å². The zero-order chi connectivity index (χ0) is 24.3. The van der Waals surface area contributed by atoms with E-state index in [0.717, 1.165) is 28.6 Å². The smallest absolute Gasteiger partial charge is 0.252 e. The van der Waals surface area contributed by atoms with Gasteiger partial charge < -0.3 is 9.72 Å². The number of aromatic nitrogens is 1. The summed E-state index contributed by atoms with van der Waals surface area (Å²) in [5.74, 6) is 0.103. The number of hydrogen-bond acceptors (Lipinski definition) is 4. The van der Waals surface area contributed by atoms with Gasteiger partial charge in [0.15, 0.2) is 0 Å². The monoisotopic (exact) mass is 480 g/mol. The van der Waals surface area contributed by atoms with Gasteiger partial charge in [-0.2, -0.15) is 4.31 Å². The molecule has 0 aliphatic carbocycles. The second-order valence-corrected chi connectivity index (χ2v) is 10.0. The van der Waals surface area contributed by atoms with E-state index >= 15 is 0 Å². The molecule has 0 radical (unpaired) electrons. The molecule has 0 fully saturated rings. The highest BCUT2D eigenvalue weighted by Gasteiger charge is 2.26. The Morgan fingerprint density at radius 1 is 1.00 bits per heavy atom. The van der Waals surface area contributed by atoms with Gasteiger partial charge >= 0.3 is 0 Å². The van der Waals surface area contributed by atoms with E-state index in [1.165, 1.54) is 16.4 Å². The first-order valence-corrected chi connectivity index (χ1v) is 12.2. The summed E-state index contributed by atoms with van der Waals surface area (Å²) in [6, 6.07) is 19.5. The fourth-order valence-corrected chi connectivity index (χ4v) is 5.24. The molecule has 0 aliphatic heterocycles. The van der Waals surface area contributed by atoms with Crippen molar-refractivity contribution in [2.75, 3.05) is 13.7 Å². The number of halogens is 1. The lowest BCUT2D eigenvalue weighted by Crippen LogP contribution is -2.34. The maximum atomic E-state index is 13.5. The molecule has 1 aromatic heterocycles. The third-order valence-electron chi connectivity index (χ3n) is 5.66. The number of pyridine rings is 1. The number of sulfonamides is 1. The van der Waals surface area contributed by atoms with Crippen molar-refractivity contribution in [1.82, 2.24) is 9.29 Å². The molecule has 6 nitrogen and oxygen atoms in total. The van der Waals surface area contributed by atoms with E-state index in [1.54, 1.807) is 31.4 Å². The molecule has 0 aliphatic rings. The fraction of sp³-hybridized carbons (Fsp3) is 0.192. The SMILES string of the molecule is COc1ccc2[nH]c(=O)c(CN(CCc3cccc(C)c3)S(=O)(=O)c3ccc(F)cc3)cc2c1. The molecule has 1 N–H and O–H groups in total. The van der Waals surface area contributed by atoms with Crippen LogP contribution in [0.4, 0.5) is 4.39 Å². The average molecular weight is 481 g/mol. The molecule has 34 heavy (non-hydrogen) atoms. The van der Waals surface area contributed by atoms with Gasteiger partial charge in [-0.15, -0.1) is 0 Å². The van der Waals surface area contributed by atoms with Crippen LogP contribution in [0.5, 0.6) is 5.75 Å². The molecule has 0 unspecified atom stereocenters. The molecule has 0 atom stereocenters. The first kappa shape index (κ1) is 23.7. The van der Waals surface area contributed by atoms with Crippen molar-refractivity contribution in [3.05, 3.63) is 106 Å². The van der Waals surface area contributed by atoms with Crippen LogP contribution in [0.25, 0.3) is 10.9 Å². The zero-order valence-corrected chi connectivity index (χ0v) is 19.7. The predicted molar refractivity (Wildman–Crippen MR) is 130 cm³/mol. The van der Waals surface area contributed by atoms with Gasteiger partial charge in [-0.3, -0.25) is 4.79 Å². The van der Waals surface area contributed by atoms with Gasteiger partial charge in [0.25, 0.3) is 5.56 Å². The molecule has 4 aromatic rings. The van der Waals surface area contributed by atoms with Crippen molar-refractivity contribution < 1.29 is 17.5 Å². The Morgan fingerprint density at radius 2 is 1.76 bits per heavy atom. The van der Waals surface area contributed by atoms with Gasteiger partial charge in [0.1, 0.15) is 11.6 Å². The Kier molecular flexibility index (Phi) is 6.81. The van der Waals surface area contributed by atoms with Crippen molar-refractivity contribution in [1.29, 1.82) is 0 Å². The number of benzene rings is 3. The summed E-state index contributed by atoms with van der Waals surface area (Å²) in [6.45, 7) is 1.99. The number of nitrogens with zero attached hydrogens (tertiary/aromatic N) is 1. The molecule has 0 saturated heterocycles. The molecule has 0 spiro atoms. The molecule has 8 heteroatoms. The van der Waals surface area contributed by atoms with Crippen LogP contribution in [-0.4, -0.2) is 31.4 Å². The summed E-state index contributed by atoms with van der Waals surface area (Å²) in [7, 11) is -2.44. The van der Waals surface area contributed by atoms with Gasteiger partial charge in [0.2, 0.25) is 10.0 Å². The summed E-state index contributed by atoms with van der Waals surface area (Å²) in [6.07, 6.45) is 0.460. The third-order valence-corrected chi connectivity index (χ3v) is 7.52. The van der Waals surface area contributed by atoms with E-state index in [9.17, 15) is 17.6 Å². The van der Waals surface area contributed by atoms with Crippen molar-refractivity contribution in [3.8, 4) is 5.75 Å². The number of rotatable bonds is 8. The van der Waals surface area contributed by atoms with Crippen molar-refractivity contribution in [3.63, 3.8) is 0 Å². The van der Waals surface area contributed by atoms with Crippen LogP contribution >= 0.6 is 0 Å². The van der Waals surface area contributed by atoms with Crippen LogP contribution in [0.2, 0.25) is 0 Å². The summed E-state index contributed by atoms with van der Waals surface area (Å²) in [4.78, 5) is 15.6. The first-order chi connectivity index (χ1) is 16.3. The highest BCUT2D eigenvalue weighted by molar-refractivity contribution is 7.89. The quantitative estimate of drug-likeness (QED) is 0.405. The van der Waals surface area contributed by atoms with E-state index in [-0.39, 0.29) is 23.5 Å². The zero-order valence-electron chi connectivity index (χ0n) is 18.9. The number of nitrogens with one attached hydrogen (secondary N) is 1. The molecule has 0 bridgehead atoms. The number of fused-ring (bicyclic) bond motifs is 1. The summed E-state index contributed by atoms with van der Waals surface area (Å²) >= 11 is 0. The number of aromatic amines is 1. The molecular formula is C26H25FN2O4S. The number of H-pyrrole nitrogens is 1. The standard InChI is InChI=1S/C26H25FN2O4S/c1-18-4-3-5-19(14-18)12-13-29(34(31,32)24-9-6-22(27)7-10-24)17-21-15-20-16-23(33-2)8-11-25(20)28-26(21)30/h3-11,14-16H,12-13,17H2,1-2H3,(H,28,30). The second kappa shape index (κ2) is 9.79. The molecular weight excluding hydrogens is 455 g/mol. The summed E-state index contributed by atoms with van der Waals surface area (Å²) < 4.78 is 46.9. The average Bonchev–Trinajstić information content (AvgIpc) is 2.82. The summed E-state index contributed by atoms with van der Waals surface area (Å²) in [5.41, 5.74) is 2.62. The highest BCUT2D eigenvalue weighted by Crippen LogP contribution is 2.22. The van der Waals surface area contributed by atoms with Crippen molar-refractivity contribution in [2.45, 2.75) is 24.8 Å². The minimum Gasteiger partial charge on any atom is -0.497 e. The largest absolute Gasteiger partial charge is 0.497 e. The number of hydrogen-bond donors (Lipinski definition) is 1. The van der Waals surface area contributed by atoms with Gasteiger partial charge in [-0.25, -0.2) is 12.8 Å². The van der Waals surface area contributed by atoms with E-state index in [1.807, 2.05) is 31.2 Å². The molecule has 0 saturated carbocycles. The lowest BCUT2D eigenvalue weighted by atomic mass is 10.1. The Hall–Kier alpha value is -3.49. The number of aryl methyl sites for hydroxylation is 1. The van der Waals surface area contributed by atoms with E-state index in [4.69, 9.17) is 4.74 Å². The summed E-state index contributed by atoms with van der Waals surface area (Å²) in [5, 5.41) is 0.728. The normalized spacial score (nSPS) is 11.8. The Balaban J connectivity index is 1.72. The van der Waals surface area contributed by atoms with Gasteiger partial charge in [0, 0.05) is 29.6 Å². The van der Waals surface area contributed by atoms with Crippen LogP contribution in [-0.2, 0) is 23.0 Å². The van der Waals surface area contributed by atoms with Crippen LogP contribution in [0.15, 0.2) is 82.5 Å². The van der Waals surface area contributed by atoms with Crippen LogP contribution in [0, 0.1) is 12.7 Å². The lowest BCUT2D eigenvalue weighted by molar-refractivity contribution is 0.408. The Morgan fingerprint density at radius 3 is 2.47 bits per heavy atom. The van der Waals surface area contributed by atoms with Crippen LogP contribution < -0.4 is 10.3 Å². The van der Waals surface area contributed by atoms with Crippen molar-refractivity contribution >= 4 is 20.9 Å². The maximum absolute atomic E-state index is 13.5. The first-order valence-electron chi connectivity index (χ1n) is 10.8. The van der Waals surface area contributed by atoms with Gasteiger partial charge in [-0.05, 0) is 67.4 Å². The van der Waals surface area contributed by atoms with E-state index < -0.39 is 15.8 Å². The van der Waals surface area contributed by atoms with Crippen molar-refractivity contribution in [2.24, 2.45) is 0 Å². The van der Waals surface area contributed by atoms with E-state index in [0.29, 0.717) is 23.3 Å². The van der Waals surface area contributed by atoms with Crippen LogP contribution in [0.1, 0.15) is 16.7 Å². The molecule has 3 aromatic carbocycles. The Labute approximate surface area is 197 Å². The second-order valence-electron chi connectivity index (χ2n) is 8.11. The minimum absolute atomic E-state index is 0.0305. The fourth-order valence-electron chi connectivity index (χ4n) is 3.83. The molecule has 4 rings (SSSR count). The molecule has 176 valence electrons. The molecule has 0 amide bonds. The lowest BCUT2D eigenvalue weighted by Gasteiger charge is -2.22. The maximum Gasteiger partial charge on any atom is 0.252 e. The third kappa shape index (κ3) is 5.18. The van der Waals surface area contributed by atoms with Crippen LogP contribution in [0.3, 0.4) is 0 Å². The number of methoxy groups -OCH3 is 1. The number of ether oxygens (including phenoxy) is 1. The van der Waals surface area contributed by atoms with Gasteiger partial charge in [0.05, 0.1) is 12.0 Å². The topological polar surface area (TPSA) is 79.5 Å². The Bertz CT molecular complexity index is 1480. The molecule has 1 heterocycles.